The molecule has 0 amide bonds. The highest BCUT2D eigenvalue weighted by molar-refractivity contribution is 7.99. The smallest absolute Gasteiger partial charge is 0.191 e. The van der Waals surface area contributed by atoms with Crippen LogP contribution in [0.25, 0.3) is 33.5 Å². The van der Waals surface area contributed by atoms with Gasteiger partial charge in [-0.25, -0.2) is 57.1 Å². The Kier molecular flexibility index (Phi) is 12.8. The number of benzene rings is 3. The van der Waals surface area contributed by atoms with Crippen LogP contribution in [0.5, 0.6) is 0 Å². The molecule has 6 aromatic heterocycles. The van der Waals surface area contributed by atoms with E-state index in [1.165, 1.54) is 0 Å². The van der Waals surface area contributed by atoms with Crippen molar-refractivity contribution in [2.24, 2.45) is 0 Å². The molecule has 18 atom stereocenters. The maximum atomic E-state index is 15.0. The fourth-order valence-electron chi connectivity index (χ4n) is 9.40. The molecule has 6 aliphatic rings. The van der Waals surface area contributed by atoms with Gasteiger partial charge in [0, 0.05) is 92.7 Å². The molecule has 3 aromatic carbocycles. The van der Waals surface area contributed by atoms with Crippen molar-refractivity contribution in [3.05, 3.63) is 105 Å². The Labute approximate surface area is 699 Å². The topological polar surface area (TPSA) is 415 Å². The van der Waals surface area contributed by atoms with Crippen LogP contribution in [0.3, 0.4) is 0 Å². The van der Waals surface area contributed by atoms with Gasteiger partial charge in [-0.1, -0.05) is 108 Å². The third kappa shape index (κ3) is 17.5. The molecule has 6 aliphatic carbocycles. The Hall–Kier alpha value is -7.14. The lowest BCUT2D eigenvalue weighted by molar-refractivity contribution is -0.0629. The fourth-order valence-corrected chi connectivity index (χ4v) is 11.5. The number of halogens is 3. The summed E-state index contributed by atoms with van der Waals surface area (Å²) in [4.78, 5) is 25.0. The Bertz CT molecular complexity index is 7120. The third-order valence-electron chi connectivity index (χ3n) is 14.8. The molecule has 36 heteroatoms. The molecular weight excluding hydrogens is 1460 g/mol. The molecule has 0 saturated heterocycles. The highest BCUT2D eigenvalue weighted by Gasteiger charge is 2.49. The standard InChI is InChI=1S/3C24H31FN6O4S/c3*1-3-8-36-24-27-22(26-16-10-14(16)13-5-4-12(2)15(25)9-13)19-23(28-24)31(30-29-19)17-11-18(35-7-6-32)21(34)20(17)33/h3*4-5,9,14,16-18,20-21,32-34H,3,6-8,10-11H2,1-2H3,(H,26,27,28)/t3*14-,16+,17+,18-,20-,21+/m000/s1/i4D,5D,6D2,7D2,9D,10D2,11D2,14D,16D,17D,18D,20D,21D;4D,5D,7D2,9D,10D2,11D2,14D,16D,17D,18D,20D,21D;4D,5D,6D2,9D,10D2,11D2,14D,16D,17D,18D,20D,21D. The summed E-state index contributed by atoms with van der Waals surface area (Å²) in [7, 11) is 0. The zero-order valence-electron chi connectivity index (χ0n) is 103. The highest BCUT2D eigenvalue weighted by Crippen LogP contribution is 2.48. The molecule has 108 heavy (non-hydrogen) atoms. The number of rotatable bonds is 30. The van der Waals surface area contributed by atoms with Crippen molar-refractivity contribution in [3.8, 4) is 0 Å². The highest BCUT2D eigenvalue weighted by atomic mass is 32.2. The van der Waals surface area contributed by atoms with E-state index in [9.17, 15) is 59.1 Å². The van der Waals surface area contributed by atoms with E-state index in [1.54, 1.807) is 20.8 Å². The maximum Gasteiger partial charge on any atom is 0.191 e. The zero-order chi connectivity index (χ0) is 119. The zero-order valence-corrected chi connectivity index (χ0v) is 58.9. The van der Waals surface area contributed by atoms with Crippen LogP contribution in [0.1, 0.15) is 212 Å². The second-order valence-electron chi connectivity index (χ2n) is 22.4. The Morgan fingerprint density at radius 2 is 0.796 bits per heavy atom. The van der Waals surface area contributed by atoms with Gasteiger partial charge in [0.25, 0.3) is 0 Å². The molecule has 0 radical (unpaired) electrons. The van der Waals surface area contributed by atoms with Gasteiger partial charge in [0.05, 0.1) is 120 Å². The first-order valence-corrected chi connectivity index (χ1v) is 34.6. The predicted octanol–water partition coefficient (Wildman–Crippen LogP) is 6.55. The number of anilines is 3. The quantitative estimate of drug-likeness (QED) is 0.0168. The lowest BCUT2D eigenvalue weighted by Gasteiger charge is -2.17. The summed E-state index contributed by atoms with van der Waals surface area (Å²) in [5.41, 5.74) is -8.44. The lowest BCUT2D eigenvalue weighted by Crippen LogP contribution is -2.33. The largest absolute Gasteiger partial charge is 0.394 e. The number of nitrogens with zero attached hydrogens (tertiary/aromatic N) is 15. The monoisotopic (exact) mass is 1600 g/mol. The molecule has 30 nitrogen and oxygen atoms in total. The summed E-state index contributed by atoms with van der Waals surface area (Å²) in [5, 5.41) is 124. The van der Waals surface area contributed by atoms with Crippen LogP contribution in [0.15, 0.2) is 69.9 Å². The van der Waals surface area contributed by atoms with Crippen LogP contribution in [0, 0.1) is 38.2 Å². The molecule has 0 spiro atoms. The second-order valence-corrected chi connectivity index (χ2v) is 25.6. The predicted molar refractivity (Wildman–Crippen MR) is 398 cm³/mol. The first-order valence-electron chi connectivity index (χ1n) is 55.2. The molecule has 9 aromatic rings. The summed E-state index contributed by atoms with van der Waals surface area (Å²) in [6, 6.07) is -28.7. The summed E-state index contributed by atoms with van der Waals surface area (Å²) < 4.78 is 454. The number of aliphatic hydroxyl groups excluding tert-OH is 1. The van der Waals surface area contributed by atoms with E-state index in [4.69, 9.17) is 69.2 Å². The SMILES string of the molecule is [2H]c1c([2H])c([C@]2([2H])C([2H])([2H])[C@@]2([2H])Nc2nc(SCCC)nc3c2nnn3[C@]2([2H])C([2H])([2H])[C@]([2H])(OC([2H])([2H])C([2H])([2H])O)[C@@]([2H])(O)[C@@]2([2H])O)c([2H])c(F)c1C.[2H]c1c([2H])c([C@]2([2H])C([2H])([2H])[C@@]2([2H])Nc2nc(SCCC)nc3c2nnn3[C@]2([2H])C([2H])([2H])[C@]([2H])(OC([2H])([2H])CO)[C@@]([2H])(O)[C@@]2([2H])O)c([2H])c(F)c1C.[2H]c1c([2H])c([C@]2([2H])C([2H])([2H])[C@@]2([2H])Nc2nc(SCCC)nc3c2nnn3[C@]2([2H])C([2H])([2H])[C@]([2H])(OCC([2H])([2H])O)[C@@]([2H])(O)[C@@]2([2H])O)c([2H])c(F)c1C. The van der Waals surface area contributed by atoms with Crippen molar-refractivity contribution < 1.29 is 138 Å². The van der Waals surface area contributed by atoms with Crippen LogP contribution in [-0.2, 0) is 14.2 Å². The van der Waals surface area contributed by atoms with Gasteiger partial charge in [-0.3, -0.25) is 0 Å². The third-order valence-corrected chi connectivity index (χ3v) is 18.0. The molecule has 582 valence electrons. The minimum Gasteiger partial charge on any atom is -0.394 e. The normalized spacial score (nSPS) is 49.5. The van der Waals surface area contributed by atoms with Crippen LogP contribution >= 0.6 is 35.3 Å². The molecule has 12 N–H and O–H groups in total. The average Bonchev–Trinajstić information content (AvgIpc) is 1.50. The first-order chi connectivity index (χ1) is 69.8. The van der Waals surface area contributed by atoms with Crippen LogP contribution in [0.2, 0.25) is 0 Å². The number of nitrogens with one attached hydrogen (secondary N) is 3. The van der Waals surface area contributed by atoms with Gasteiger partial charge in [-0.15, -0.1) is 15.3 Å². The van der Waals surface area contributed by atoms with E-state index in [0.717, 1.165) is 56.1 Å². The van der Waals surface area contributed by atoms with Gasteiger partial charge >= 0.3 is 0 Å². The van der Waals surface area contributed by atoms with Gasteiger partial charge in [-0.2, -0.15) is 0 Å². The van der Waals surface area contributed by atoms with Gasteiger partial charge in [-0.05, 0) is 111 Å². The molecular formula is C72H93F3N18O12S3. The molecule has 0 bridgehead atoms. The van der Waals surface area contributed by atoms with Crippen LogP contribution < -0.4 is 16.0 Å². The van der Waals surface area contributed by atoms with Crippen molar-refractivity contribution in [1.29, 1.82) is 0 Å². The van der Waals surface area contributed by atoms with E-state index in [1.807, 2.05) is 0 Å². The van der Waals surface area contributed by atoms with Crippen molar-refractivity contribution in [3.63, 3.8) is 0 Å². The molecule has 6 heterocycles. The molecule has 15 rings (SSSR count). The number of hydrogen-bond donors (Lipinski definition) is 12. The molecule has 6 saturated carbocycles. The van der Waals surface area contributed by atoms with Crippen molar-refractivity contribution in [1.82, 2.24) is 74.9 Å². The number of aliphatic hydroxyl groups is 9. The van der Waals surface area contributed by atoms with E-state index in [0.29, 0.717) is 30.8 Å². The summed E-state index contributed by atoms with van der Waals surface area (Å²) in [6.07, 6.45) is -57.4. The van der Waals surface area contributed by atoms with E-state index in [-0.39, 0.29) is 35.3 Å². The first kappa shape index (κ1) is 39.4. The number of hydrogen-bond acceptors (Lipinski definition) is 30. The summed E-state index contributed by atoms with van der Waals surface area (Å²) in [5.74, 6) is -13.9. The number of fused-ring (bicyclic) bond motifs is 3. The van der Waals surface area contributed by atoms with Gasteiger partial charge in [0.2, 0.25) is 0 Å². The Morgan fingerprint density at radius 1 is 0.472 bits per heavy atom. The van der Waals surface area contributed by atoms with Crippen molar-refractivity contribution >= 4 is 86.2 Å². The van der Waals surface area contributed by atoms with Crippen molar-refractivity contribution in [2.75, 3.05) is 72.7 Å². The van der Waals surface area contributed by atoms with Crippen molar-refractivity contribution in [2.45, 2.75) is 223 Å². The minimum absolute atomic E-state index is 0.00183. The fraction of sp³-hybridized carbons (Fsp3) is 0.583. The maximum absolute atomic E-state index is 15.0. The van der Waals surface area contributed by atoms with E-state index < -0.39 is 342 Å². The lowest BCUT2D eigenvalue weighted by atomic mass is 10.1. The van der Waals surface area contributed by atoms with E-state index in [2.05, 4.69) is 86.3 Å². The van der Waals surface area contributed by atoms with Gasteiger partial charge in [0.15, 0.2) is 66.4 Å². The van der Waals surface area contributed by atoms with Gasteiger partial charge < -0.3 is 76.1 Å². The number of ether oxygens (including phenoxy) is 3. The van der Waals surface area contributed by atoms with Gasteiger partial charge in [0.1, 0.15) is 53.9 Å². The van der Waals surface area contributed by atoms with Crippen LogP contribution in [-0.4, -0.2) is 250 Å². The second kappa shape index (κ2) is 35.1. The van der Waals surface area contributed by atoms with E-state index >= 15 is 0 Å². The van der Waals surface area contributed by atoms with Crippen LogP contribution in [0.4, 0.5) is 30.6 Å². The number of thioether (sulfide) groups is 3. The molecule has 0 unspecified atom stereocenters. The number of aromatic nitrogens is 15. The Balaban J connectivity index is 0.000000193. The average molecular weight is 1600 g/mol. The minimum atomic E-state index is -4.40. The summed E-state index contributed by atoms with van der Waals surface area (Å²) >= 11 is 2.69. The molecule has 0 aliphatic heterocycles. The Morgan fingerprint density at radius 3 is 1.10 bits per heavy atom. The summed E-state index contributed by atoms with van der Waals surface area (Å²) in [6.45, 7) is -9.30. The molecule has 6 fully saturated rings.